The maximum Gasteiger partial charge on any atom is 0.139 e. The van der Waals surface area contributed by atoms with Crippen molar-refractivity contribution in [1.82, 2.24) is 9.55 Å². The summed E-state index contributed by atoms with van der Waals surface area (Å²) in [6.45, 7) is 12.7. The van der Waals surface area contributed by atoms with E-state index < -0.39 is 0 Å². The van der Waals surface area contributed by atoms with Crippen molar-refractivity contribution in [3.8, 4) is 17.1 Å². The minimum atomic E-state index is -0.120. The average molecular weight is 323 g/mol. The molecule has 0 saturated carbocycles. The summed E-state index contributed by atoms with van der Waals surface area (Å²) in [4.78, 5) is 4.44. The van der Waals surface area contributed by atoms with Gasteiger partial charge in [-0.3, -0.25) is 0 Å². The number of aromatic nitrogens is 2. The van der Waals surface area contributed by atoms with Gasteiger partial charge in [-0.15, -0.1) is 12.4 Å². The molecule has 2 aromatic rings. The Morgan fingerprint density at radius 3 is 1.73 bits per heavy atom. The van der Waals surface area contributed by atoms with Gasteiger partial charge in [0.25, 0.3) is 0 Å². The molecule has 0 spiro atoms. The standard InChI is InChI=1S/C18H26N2O.ClH/c1-17(2,3)13-10-12(16-19-8-9-20(16)7)11-14(15(13)21)18(4,5)6;/h8-11,21H,1-7H3;1H. The number of nitrogens with zero attached hydrogens (tertiary/aromatic N) is 2. The van der Waals surface area contributed by atoms with Gasteiger partial charge in [-0.05, 0) is 23.0 Å². The molecular weight excluding hydrogens is 296 g/mol. The van der Waals surface area contributed by atoms with Crippen LogP contribution in [0.1, 0.15) is 52.7 Å². The number of aryl methyl sites for hydroxylation is 1. The van der Waals surface area contributed by atoms with Gasteiger partial charge in [-0.25, -0.2) is 4.98 Å². The van der Waals surface area contributed by atoms with Crippen molar-refractivity contribution >= 4 is 12.4 Å². The fourth-order valence-electron chi connectivity index (χ4n) is 2.55. The predicted octanol–water partition coefficient (Wildman–Crippen LogP) is 4.81. The van der Waals surface area contributed by atoms with E-state index in [2.05, 4.69) is 58.7 Å². The Balaban J connectivity index is 0.00000242. The summed E-state index contributed by atoms with van der Waals surface area (Å²) in [7, 11) is 1.99. The van der Waals surface area contributed by atoms with Crippen LogP contribution in [-0.4, -0.2) is 14.7 Å². The highest BCUT2D eigenvalue weighted by Crippen LogP contribution is 2.41. The summed E-state index contributed by atoms with van der Waals surface area (Å²) < 4.78 is 2.01. The second-order valence-corrected chi connectivity index (χ2v) is 7.78. The normalized spacial score (nSPS) is 12.1. The summed E-state index contributed by atoms with van der Waals surface area (Å²) in [5, 5.41) is 10.7. The number of phenols is 1. The third kappa shape index (κ3) is 3.46. The van der Waals surface area contributed by atoms with Crippen LogP contribution in [0.5, 0.6) is 5.75 Å². The van der Waals surface area contributed by atoms with E-state index in [1.807, 2.05) is 17.8 Å². The van der Waals surface area contributed by atoms with Crippen molar-refractivity contribution in [1.29, 1.82) is 0 Å². The Labute approximate surface area is 139 Å². The molecule has 0 aliphatic rings. The molecule has 0 atom stereocenters. The lowest BCUT2D eigenvalue weighted by Gasteiger charge is -2.28. The van der Waals surface area contributed by atoms with Crippen LogP contribution >= 0.6 is 12.4 Å². The Bertz CT molecular complexity index is 625. The summed E-state index contributed by atoms with van der Waals surface area (Å²) in [5.74, 6) is 1.33. The molecule has 2 rings (SSSR count). The van der Waals surface area contributed by atoms with Gasteiger partial charge in [-0.1, -0.05) is 41.5 Å². The maximum absolute atomic E-state index is 10.7. The van der Waals surface area contributed by atoms with E-state index in [0.29, 0.717) is 5.75 Å². The first-order chi connectivity index (χ1) is 9.51. The zero-order chi connectivity index (χ0) is 16.0. The fourth-order valence-corrected chi connectivity index (χ4v) is 2.55. The van der Waals surface area contributed by atoms with Crippen LogP contribution in [-0.2, 0) is 17.9 Å². The topological polar surface area (TPSA) is 38.0 Å². The molecule has 122 valence electrons. The van der Waals surface area contributed by atoms with Gasteiger partial charge in [0.05, 0.1) is 0 Å². The van der Waals surface area contributed by atoms with Crippen molar-refractivity contribution in [2.75, 3.05) is 0 Å². The zero-order valence-corrected chi connectivity index (χ0v) is 15.4. The minimum absolute atomic E-state index is 0. The highest BCUT2D eigenvalue weighted by Gasteiger charge is 2.27. The first kappa shape index (κ1) is 18.6. The van der Waals surface area contributed by atoms with Gasteiger partial charge < -0.3 is 9.67 Å². The van der Waals surface area contributed by atoms with E-state index in [0.717, 1.165) is 22.5 Å². The molecule has 0 aliphatic carbocycles. The summed E-state index contributed by atoms with van der Waals surface area (Å²) >= 11 is 0. The number of hydrogen-bond acceptors (Lipinski definition) is 2. The van der Waals surface area contributed by atoms with Gasteiger partial charge in [0.2, 0.25) is 0 Å². The lowest BCUT2D eigenvalue weighted by molar-refractivity contribution is 0.423. The monoisotopic (exact) mass is 322 g/mol. The van der Waals surface area contributed by atoms with E-state index in [9.17, 15) is 5.11 Å². The molecule has 0 aliphatic heterocycles. The smallest absolute Gasteiger partial charge is 0.139 e. The molecule has 22 heavy (non-hydrogen) atoms. The number of hydrogen-bond donors (Lipinski definition) is 1. The molecule has 1 aromatic heterocycles. The Morgan fingerprint density at radius 2 is 1.41 bits per heavy atom. The number of phenolic OH excluding ortho intramolecular Hbond substituents is 1. The van der Waals surface area contributed by atoms with Crippen molar-refractivity contribution in [3.63, 3.8) is 0 Å². The van der Waals surface area contributed by atoms with Gasteiger partial charge >= 0.3 is 0 Å². The number of rotatable bonds is 1. The number of halogens is 1. The Hall–Kier alpha value is -1.48. The number of aromatic hydroxyl groups is 1. The number of imidazole rings is 1. The maximum atomic E-state index is 10.7. The van der Waals surface area contributed by atoms with Crippen LogP contribution in [0.15, 0.2) is 24.5 Å². The molecule has 0 fully saturated rings. The van der Waals surface area contributed by atoms with Crippen molar-refractivity contribution in [3.05, 3.63) is 35.7 Å². The highest BCUT2D eigenvalue weighted by molar-refractivity contribution is 5.85. The van der Waals surface area contributed by atoms with E-state index in [4.69, 9.17) is 0 Å². The zero-order valence-electron chi connectivity index (χ0n) is 14.6. The molecule has 1 heterocycles. The molecule has 3 nitrogen and oxygen atoms in total. The van der Waals surface area contributed by atoms with Gasteiger partial charge in [0.15, 0.2) is 0 Å². The van der Waals surface area contributed by atoms with E-state index >= 15 is 0 Å². The molecule has 4 heteroatoms. The molecule has 0 amide bonds. The first-order valence-corrected chi connectivity index (χ1v) is 7.37. The van der Waals surface area contributed by atoms with E-state index in [-0.39, 0.29) is 23.2 Å². The number of benzene rings is 1. The molecule has 0 bridgehead atoms. The second-order valence-electron chi connectivity index (χ2n) is 7.78. The van der Waals surface area contributed by atoms with Crippen LogP contribution in [0, 0.1) is 0 Å². The van der Waals surface area contributed by atoms with Gasteiger partial charge in [-0.2, -0.15) is 0 Å². The molecule has 0 saturated heterocycles. The summed E-state index contributed by atoms with van der Waals surface area (Å²) in [5.41, 5.74) is 2.74. The molecule has 0 radical (unpaired) electrons. The second kappa shape index (κ2) is 5.96. The van der Waals surface area contributed by atoms with Gasteiger partial charge in [0, 0.05) is 36.1 Å². The summed E-state index contributed by atoms with van der Waals surface area (Å²) in [6.07, 6.45) is 3.74. The SMILES string of the molecule is Cl.Cn1ccnc1-c1cc(C(C)(C)C)c(O)c(C(C)(C)C)c1. The molecule has 1 aromatic carbocycles. The van der Waals surface area contributed by atoms with E-state index in [1.165, 1.54) is 0 Å². The quantitative estimate of drug-likeness (QED) is 0.818. The molecule has 0 unspecified atom stereocenters. The lowest BCUT2D eigenvalue weighted by atomic mass is 9.78. The summed E-state index contributed by atoms with van der Waals surface area (Å²) in [6, 6.07) is 4.12. The average Bonchev–Trinajstić information content (AvgIpc) is 2.72. The van der Waals surface area contributed by atoms with Crippen molar-refractivity contribution in [2.24, 2.45) is 7.05 Å². The van der Waals surface area contributed by atoms with Crippen LogP contribution in [0.2, 0.25) is 0 Å². The fraction of sp³-hybridized carbons (Fsp3) is 0.500. The minimum Gasteiger partial charge on any atom is -0.507 e. The lowest BCUT2D eigenvalue weighted by Crippen LogP contribution is -2.17. The Morgan fingerprint density at radius 1 is 0.955 bits per heavy atom. The molecule has 1 N–H and O–H groups in total. The third-order valence-electron chi connectivity index (χ3n) is 3.81. The van der Waals surface area contributed by atoms with E-state index in [1.54, 1.807) is 6.20 Å². The largest absolute Gasteiger partial charge is 0.507 e. The van der Waals surface area contributed by atoms with Crippen molar-refractivity contribution in [2.45, 2.75) is 52.4 Å². The third-order valence-corrected chi connectivity index (χ3v) is 3.81. The first-order valence-electron chi connectivity index (χ1n) is 7.37. The predicted molar refractivity (Wildman–Crippen MR) is 95.0 cm³/mol. The van der Waals surface area contributed by atoms with Gasteiger partial charge in [0.1, 0.15) is 11.6 Å². The van der Waals surface area contributed by atoms with Crippen LogP contribution in [0.3, 0.4) is 0 Å². The Kier molecular flexibility index (Phi) is 5.03. The molecular formula is C18H27ClN2O. The highest BCUT2D eigenvalue weighted by atomic mass is 35.5. The van der Waals surface area contributed by atoms with Crippen LogP contribution < -0.4 is 0 Å². The van der Waals surface area contributed by atoms with Crippen LogP contribution in [0.4, 0.5) is 0 Å². The van der Waals surface area contributed by atoms with Crippen molar-refractivity contribution < 1.29 is 5.11 Å². The van der Waals surface area contributed by atoms with Crippen LogP contribution in [0.25, 0.3) is 11.4 Å².